The van der Waals surface area contributed by atoms with E-state index in [2.05, 4.69) is 0 Å². The molecule has 3 rings (SSSR count). The molecule has 0 amide bonds. The van der Waals surface area contributed by atoms with Gasteiger partial charge in [0.15, 0.2) is 0 Å². The Labute approximate surface area is 133 Å². The number of para-hydroxylation sites is 1. The third-order valence-corrected chi connectivity index (χ3v) is 3.40. The number of hydrogen-bond donors (Lipinski definition) is 2. The zero-order valence-electron chi connectivity index (χ0n) is 12.1. The smallest absolute Gasteiger partial charge is 0.336 e. The van der Waals surface area contributed by atoms with Crippen LogP contribution >= 0.6 is 0 Å². The number of benzene rings is 3. The molecule has 0 aliphatic rings. The van der Waals surface area contributed by atoms with Crippen LogP contribution in [-0.2, 0) is 0 Å². The first-order chi connectivity index (χ1) is 11.1. The molecule has 3 aromatic carbocycles. The number of rotatable bonds is 4. The van der Waals surface area contributed by atoms with E-state index in [-0.39, 0.29) is 11.3 Å². The second kappa shape index (κ2) is 6.23. The van der Waals surface area contributed by atoms with Crippen molar-refractivity contribution in [2.45, 2.75) is 0 Å². The molecule has 0 saturated carbocycles. The van der Waals surface area contributed by atoms with Gasteiger partial charge in [0.2, 0.25) is 0 Å². The highest BCUT2D eigenvalue weighted by Crippen LogP contribution is 2.35. The van der Waals surface area contributed by atoms with Gasteiger partial charge in [-0.3, -0.25) is 0 Å². The first-order valence-electron chi connectivity index (χ1n) is 7.04. The van der Waals surface area contributed by atoms with Gasteiger partial charge < -0.3 is 14.9 Å². The SMILES string of the molecule is O=C(O)c1ccccc1-c1ccccc1Oc1ccc(O)cc1. The molecule has 0 aliphatic heterocycles. The van der Waals surface area contributed by atoms with Gasteiger partial charge in [-0.25, -0.2) is 4.79 Å². The first-order valence-corrected chi connectivity index (χ1v) is 7.04. The quantitative estimate of drug-likeness (QED) is 0.742. The first kappa shape index (κ1) is 14.7. The van der Waals surface area contributed by atoms with E-state index in [0.29, 0.717) is 22.6 Å². The van der Waals surface area contributed by atoms with Crippen LogP contribution in [0.25, 0.3) is 11.1 Å². The van der Waals surface area contributed by atoms with Crippen molar-refractivity contribution >= 4 is 5.97 Å². The van der Waals surface area contributed by atoms with Gasteiger partial charge in [0, 0.05) is 5.56 Å². The molecule has 0 heterocycles. The maximum atomic E-state index is 11.4. The zero-order valence-corrected chi connectivity index (χ0v) is 12.1. The number of hydrogen-bond acceptors (Lipinski definition) is 3. The number of carboxylic acids is 1. The minimum Gasteiger partial charge on any atom is -0.508 e. The van der Waals surface area contributed by atoms with Gasteiger partial charge in [-0.05, 0) is 42.0 Å². The van der Waals surface area contributed by atoms with Crippen molar-refractivity contribution in [3.05, 3.63) is 78.4 Å². The summed E-state index contributed by atoms with van der Waals surface area (Å²) in [5.74, 6) is 0.275. The molecule has 0 aliphatic carbocycles. The van der Waals surface area contributed by atoms with Crippen LogP contribution < -0.4 is 4.74 Å². The lowest BCUT2D eigenvalue weighted by Crippen LogP contribution is -1.99. The second-order valence-corrected chi connectivity index (χ2v) is 4.94. The summed E-state index contributed by atoms with van der Waals surface area (Å²) < 4.78 is 5.85. The predicted molar refractivity (Wildman–Crippen MR) is 87.0 cm³/mol. The molecule has 2 N–H and O–H groups in total. The van der Waals surface area contributed by atoms with E-state index in [1.165, 1.54) is 12.1 Å². The van der Waals surface area contributed by atoms with Crippen LogP contribution in [0.3, 0.4) is 0 Å². The van der Waals surface area contributed by atoms with Crippen LogP contribution in [0.15, 0.2) is 72.8 Å². The molecule has 3 aromatic rings. The number of carbonyl (C=O) groups is 1. The van der Waals surface area contributed by atoms with E-state index in [1.807, 2.05) is 18.2 Å². The fourth-order valence-corrected chi connectivity index (χ4v) is 2.32. The molecule has 114 valence electrons. The number of ether oxygens (including phenoxy) is 1. The van der Waals surface area contributed by atoms with Crippen molar-refractivity contribution in [3.8, 4) is 28.4 Å². The summed E-state index contributed by atoms with van der Waals surface area (Å²) in [6.07, 6.45) is 0. The standard InChI is InChI=1S/C19H14O4/c20-13-9-11-14(12-10-13)23-18-8-4-3-6-16(18)15-5-1-2-7-17(15)19(21)22/h1-12,20H,(H,21,22). The van der Waals surface area contributed by atoms with Crippen LogP contribution in [0.1, 0.15) is 10.4 Å². The lowest BCUT2D eigenvalue weighted by Gasteiger charge is -2.13. The van der Waals surface area contributed by atoms with Gasteiger partial charge in [-0.15, -0.1) is 0 Å². The summed E-state index contributed by atoms with van der Waals surface area (Å²) >= 11 is 0. The van der Waals surface area contributed by atoms with E-state index in [1.54, 1.807) is 42.5 Å². The Morgan fingerprint density at radius 2 is 1.39 bits per heavy atom. The number of carboxylic acid groups (broad SMARTS) is 1. The molecule has 0 aromatic heterocycles. The average Bonchev–Trinajstić information content (AvgIpc) is 2.57. The van der Waals surface area contributed by atoms with Gasteiger partial charge in [0.25, 0.3) is 0 Å². The predicted octanol–water partition coefficient (Wildman–Crippen LogP) is 4.55. The molecule has 4 nitrogen and oxygen atoms in total. The molecule has 23 heavy (non-hydrogen) atoms. The number of aromatic hydroxyl groups is 1. The minimum atomic E-state index is -0.986. The molecule has 0 unspecified atom stereocenters. The van der Waals surface area contributed by atoms with Crippen LogP contribution in [0, 0.1) is 0 Å². The molecule has 0 spiro atoms. The lowest BCUT2D eigenvalue weighted by molar-refractivity contribution is 0.0697. The Hall–Kier alpha value is -3.27. The summed E-state index contributed by atoms with van der Waals surface area (Å²) in [7, 11) is 0. The molecular weight excluding hydrogens is 292 g/mol. The molecule has 4 heteroatoms. The van der Waals surface area contributed by atoms with Crippen LogP contribution in [0.4, 0.5) is 0 Å². The fourth-order valence-electron chi connectivity index (χ4n) is 2.32. The molecule has 0 fully saturated rings. The summed E-state index contributed by atoms with van der Waals surface area (Å²) in [5, 5.41) is 18.7. The van der Waals surface area contributed by atoms with Crippen molar-refractivity contribution in [2.24, 2.45) is 0 Å². The number of phenols is 1. The lowest BCUT2D eigenvalue weighted by atomic mass is 9.99. The van der Waals surface area contributed by atoms with Gasteiger partial charge in [-0.1, -0.05) is 36.4 Å². The van der Waals surface area contributed by atoms with Crippen LogP contribution in [-0.4, -0.2) is 16.2 Å². The van der Waals surface area contributed by atoms with Crippen molar-refractivity contribution < 1.29 is 19.7 Å². The Morgan fingerprint density at radius 1 is 0.783 bits per heavy atom. The van der Waals surface area contributed by atoms with E-state index >= 15 is 0 Å². The van der Waals surface area contributed by atoms with Gasteiger partial charge in [0.1, 0.15) is 17.2 Å². The summed E-state index contributed by atoms with van der Waals surface area (Å²) in [6.45, 7) is 0. The topological polar surface area (TPSA) is 66.8 Å². The summed E-state index contributed by atoms with van der Waals surface area (Å²) in [6, 6.07) is 20.4. The molecule has 0 bridgehead atoms. The molecule has 0 radical (unpaired) electrons. The Bertz CT molecular complexity index is 838. The second-order valence-electron chi connectivity index (χ2n) is 4.94. The van der Waals surface area contributed by atoms with E-state index in [4.69, 9.17) is 4.74 Å². The highest BCUT2D eigenvalue weighted by Gasteiger charge is 2.14. The fraction of sp³-hybridized carbons (Fsp3) is 0. The molecule has 0 atom stereocenters. The van der Waals surface area contributed by atoms with Gasteiger partial charge >= 0.3 is 5.97 Å². The van der Waals surface area contributed by atoms with Crippen molar-refractivity contribution in [3.63, 3.8) is 0 Å². The number of phenolic OH excluding ortho intramolecular Hbond substituents is 1. The molecule has 0 saturated heterocycles. The Balaban J connectivity index is 2.05. The van der Waals surface area contributed by atoms with Crippen molar-refractivity contribution in [1.82, 2.24) is 0 Å². The van der Waals surface area contributed by atoms with Gasteiger partial charge in [0.05, 0.1) is 5.56 Å². The van der Waals surface area contributed by atoms with Crippen molar-refractivity contribution in [1.29, 1.82) is 0 Å². The van der Waals surface area contributed by atoms with Crippen LogP contribution in [0.5, 0.6) is 17.2 Å². The Kier molecular flexibility index (Phi) is 3.97. The van der Waals surface area contributed by atoms with Crippen molar-refractivity contribution in [2.75, 3.05) is 0 Å². The molecular formula is C19H14O4. The van der Waals surface area contributed by atoms with Crippen LogP contribution in [0.2, 0.25) is 0 Å². The highest BCUT2D eigenvalue weighted by molar-refractivity contribution is 5.96. The maximum absolute atomic E-state index is 11.4. The largest absolute Gasteiger partial charge is 0.508 e. The highest BCUT2D eigenvalue weighted by atomic mass is 16.5. The maximum Gasteiger partial charge on any atom is 0.336 e. The third-order valence-electron chi connectivity index (χ3n) is 3.40. The minimum absolute atomic E-state index is 0.154. The summed E-state index contributed by atoms with van der Waals surface area (Å²) in [5.41, 5.74) is 1.50. The van der Waals surface area contributed by atoms with E-state index in [0.717, 1.165) is 0 Å². The average molecular weight is 306 g/mol. The Morgan fingerprint density at radius 3 is 2.09 bits per heavy atom. The number of aromatic carboxylic acids is 1. The zero-order chi connectivity index (χ0) is 16.2. The monoisotopic (exact) mass is 306 g/mol. The normalized spacial score (nSPS) is 10.3. The van der Waals surface area contributed by atoms with Gasteiger partial charge in [-0.2, -0.15) is 0 Å². The third kappa shape index (κ3) is 3.16. The summed E-state index contributed by atoms with van der Waals surface area (Å²) in [4.78, 5) is 11.4. The van der Waals surface area contributed by atoms with E-state index < -0.39 is 5.97 Å². The van der Waals surface area contributed by atoms with E-state index in [9.17, 15) is 15.0 Å².